The number of hydrogen-bond donors (Lipinski definition) is 8. The summed E-state index contributed by atoms with van der Waals surface area (Å²) in [6.07, 6.45) is 1.80. The highest BCUT2D eigenvalue weighted by atomic mass is 16.4. The minimum atomic E-state index is -1.49. The molecule has 1 aromatic heterocycles. The summed E-state index contributed by atoms with van der Waals surface area (Å²) in [5.41, 5.74) is 5.95. The second-order valence-electron chi connectivity index (χ2n) is 7.57. The second kappa shape index (κ2) is 12.7. The minimum absolute atomic E-state index is 0.0911. The van der Waals surface area contributed by atoms with E-state index in [4.69, 9.17) is 10.8 Å². The molecule has 1 aromatic rings. The van der Waals surface area contributed by atoms with Gasteiger partial charge in [0, 0.05) is 18.3 Å². The van der Waals surface area contributed by atoms with Gasteiger partial charge in [0.2, 0.25) is 17.7 Å². The number of rotatable bonds is 13. The number of carbonyl (C=O) groups is 4. The highest BCUT2D eigenvalue weighted by Gasteiger charge is 2.34. The molecule has 6 atom stereocenters. The maximum Gasteiger partial charge on any atom is 0.326 e. The maximum atomic E-state index is 12.8. The first-order chi connectivity index (χ1) is 15.0. The number of imidazole rings is 1. The minimum Gasteiger partial charge on any atom is -0.480 e. The first kappa shape index (κ1) is 27.0. The fourth-order valence-electron chi connectivity index (χ4n) is 2.77. The Kier molecular flexibility index (Phi) is 10.7. The average molecular weight is 457 g/mol. The zero-order chi connectivity index (χ0) is 24.4. The summed E-state index contributed by atoms with van der Waals surface area (Å²) >= 11 is 0. The van der Waals surface area contributed by atoms with E-state index in [1.807, 2.05) is 0 Å². The van der Waals surface area contributed by atoms with Gasteiger partial charge in [-0.3, -0.25) is 14.4 Å². The molecule has 0 bridgehead atoms. The molecule has 13 nitrogen and oxygen atoms in total. The van der Waals surface area contributed by atoms with Crippen molar-refractivity contribution < 1.29 is 34.5 Å². The van der Waals surface area contributed by atoms with Crippen LogP contribution in [0.2, 0.25) is 0 Å². The van der Waals surface area contributed by atoms with Gasteiger partial charge in [-0.1, -0.05) is 20.3 Å². The Morgan fingerprint density at radius 2 is 1.69 bits per heavy atom. The number of carboxylic acid groups (broad SMARTS) is 1. The van der Waals surface area contributed by atoms with Crippen molar-refractivity contribution in [1.29, 1.82) is 0 Å². The van der Waals surface area contributed by atoms with E-state index in [1.54, 1.807) is 13.8 Å². The van der Waals surface area contributed by atoms with E-state index in [0.717, 1.165) is 0 Å². The van der Waals surface area contributed by atoms with Crippen molar-refractivity contribution in [2.75, 3.05) is 6.61 Å². The number of aliphatic hydroxyl groups excluding tert-OH is 2. The predicted molar refractivity (Wildman–Crippen MR) is 112 cm³/mol. The number of aliphatic carboxylic acids is 1. The molecule has 13 heteroatoms. The quantitative estimate of drug-likeness (QED) is 0.154. The number of H-pyrrole nitrogens is 1. The molecule has 0 aliphatic carbocycles. The first-order valence-corrected chi connectivity index (χ1v) is 10.2. The molecule has 0 saturated heterocycles. The second-order valence-corrected chi connectivity index (χ2v) is 7.57. The van der Waals surface area contributed by atoms with E-state index in [2.05, 4.69) is 25.9 Å². The highest BCUT2D eigenvalue weighted by molar-refractivity contribution is 5.94. The number of carbonyl (C=O) groups excluding carboxylic acids is 3. The van der Waals surface area contributed by atoms with Gasteiger partial charge < -0.3 is 42.0 Å². The van der Waals surface area contributed by atoms with Gasteiger partial charge in [0.15, 0.2) is 0 Å². The fraction of sp³-hybridized carbons (Fsp3) is 0.632. The lowest BCUT2D eigenvalue weighted by Gasteiger charge is -2.28. The van der Waals surface area contributed by atoms with Crippen LogP contribution < -0.4 is 21.7 Å². The van der Waals surface area contributed by atoms with Gasteiger partial charge >= 0.3 is 5.97 Å². The monoisotopic (exact) mass is 456 g/mol. The molecule has 0 aliphatic heterocycles. The van der Waals surface area contributed by atoms with Gasteiger partial charge in [0.1, 0.15) is 24.2 Å². The Labute approximate surface area is 185 Å². The third-order valence-corrected chi connectivity index (χ3v) is 4.98. The van der Waals surface area contributed by atoms with Crippen LogP contribution in [-0.2, 0) is 25.6 Å². The Bertz CT molecular complexity index is 770. The summed E-state index contributed by atoms with van der Waals surface area (Å²) in [5, 5.41) is 35.6. The Morgan fingerprint density at radius 1 is 1.09 bits per heavy atom. The average Bonchev–Trinajstić information content (AvgIpc) is 3.26. The van der Waals surface area contributed by atoms with E-state index in [1.165, 1.54) is 19.4 Å². The third kappa shape index (κ3) is 7.90. The van der Waals surface area contributed by atoms with Crippen LogP contribution in [0.5, 0.6) is 0 Å². The van der Waals surface area contributed by atoms with Crippen molar-refractivity contribution in [3.63, 3.8) is 0 Å². The number of aromatic amines is 1. The number of aromatic nitrogens is 2. The van der Waals surface area contributed by atoms with Gasteiger partial charge in [-0.25, -0.2) is 9.78 Å². The van der Waals surface area contributed by atoms with Crippen molar-refractivity contribution in [1.82, 2.24) is 25.9 Å². The third-order valence-electron chi connectivity index (χ3n) is 4.98. The topological polar surface area (TPSA) is 220 Å². The van der Waals surface area contributed by atoms with Crippen LogP contribution in [0.1, 0.15) is 32.9 Å². The Morgan fingerprint density at radius 3 is 2.16 bits per heavy atom. The predicted octanol–water partition coefficient (Wildman–Crippen LogP) is -2.76. The van der Waals surface area contributed by atoms with Crippen molar-refractivity contribution in [2.24, 2.45) is 11.7 Å². The van der Waals surface area contributed by atoms with Crippen molar-refractivity contribution in [3.05, 3.63) is 18.2 Å². The largest absolute Gasteiger partial charge is 0.480 e. The van der Waals surface area contributed by atoms with Crippen LogP contribution in [0.25, 0.3) is 0 Å². The van der Waals surface area contributed by atoms with E-state index >= 15 is 0 Å². The molecule has 3 amide bonds. The zero-order valence-corrected chi connectivity index (χ0v) is 18.2. The van der Waals surface area contributed by atoms with E-state index in [9.17, 15) is 29.4 Å². The van der Waals surface area contributed by atoms with Crippen LogP contribution in [0.3, 0.4) is 0 Å². The molecule has 0 aromatic carbocycles. The van der Waals surface area contributed by atoms with Gasteiger partial charge in [0.05, 0.1) is 19.0 Å². The molecule has 0 fully saturated rings. The van der Waals surface area contributed by atoms with Gasteiger partial charge in [-0.05, 0) is 12.8 Å². The SMILES string of the molecule is CCC(C)C(NC(=O)C(N)CO)C(=O)NC(C(=O)NC(Cc1cnc[nH]1)C(=O)O)C(C)O. The summed E-state index contributed by atoms with van der Waals surface area (Å²) in [4.78, 5) is 55.6. The van der Waals surface area contributed by atoms with Crippen LogP contribution >= 0.6 is 0 Å². The number of carboxylic acids is 1. The molecule has 9 N–H and O–H groups in total. The molecular formula is C19H32N6O7. The van der Waals surface area contributed by atoms with Crippen molar-refractivity contribution >= 4 is 23.7 Å². The van der Waals surface area contributed by atoms with Crippen LogP contribution in [0.15, 0.2) is 12.5 Å². The van der Waals surface area contributed by atoms with E-state index < -0.39 is 60.6 Å². The van der Waals surface area contributed by atoms with Crippen LogP contribution in [-0.4, -0.2) is 85.9 Å². The van der Waals surface area contributed by atoms with Gasteiger partial charge in [-0.15, -0.1) is 0 Å². The molecule has 0 aliphatic rings. The summed E-state index contributed by atoms with van der Waals surface area (Å²) in [6.45, 7) is 4.12. The lowest BCUT2D eigenvalue weighted by atomic mass is 9.97. The lowest BCUT2D eigenvalue weighted by molar-refractivity contribution is -0.143. The summed E-state index contributed by atoms with van der Waals surface area (Å²) in [6, 6.07) is -5.15. The molecule has 1 rings (SSSR count). The van der Waals surface area contributed by atoms with Crippen molar-refractivity contribution in [2.45, 2.75) is 63.9 Å². The molecular weight excluding hydrogens is 424 g/mol. The number of nitrogens with one attached hydrogen (secondary N) is 4. The number of nitrogens with zero attached hydrogens (tertiary/aromatic N) is 1. The zero-order valence-electron chi connectivity index (χ0n) is 18.2. The highest BCUT2D eigenvalue weighted by Crippen LogP contribution is 2.10. The summed E-state index contributed by atoms with van der Waals surface area (Å²) in [5.74, 6) is -4.11. The smallest absolute Gasteiger partial charge is 0.326 e. The molecule has 32 heavy (non-hydrogen) atoms. The van der Waals surface area contributed by atoms with Crippen LogP contribution in [0, 0.1) is 5.92 Å². The molecule has 0 radical (unpaired) electrons. The van der Waals surface area contributed by atoms with Gasteiger partial charge in [0.25, 0.3) is 0 Å². The molecule has 0 saturated carbocycles. The van der Waals surface area contributed by atoms with E-state index in [0.29, 0.717) is 12.1 Å². The standard InChI is InChI=1S/C19H32N6O7/c1-4-9(2)14(24-16(28)12(20)7-26)17(29)25-15(10(3)27)18(30)23-13(19(31)32)5-11-6-21-8-22-11/h6,8-10,12-15,26-27H,4-5,7,20H2,1-3H3,(H,21,22)(H,23,30)(H,24,28)(H,25,29)(H,31,32). The fourth-order valence-corrected chi connectivity index (χ4v) is 2.77. The van der Waals surface area contributed by atoms with Crippen molar-refractivity contribution in [3.8, 4) is 0 Å². The molecule has 6 unspecified atom stereocenters. The van der Waals surface area contributed by atoms with Crippen LogP contribution in [0.4, 0.5) is 0 Å². The Hall–Kier alpha value is -3.03. The van der Waals surface area contributed by atoms with Gasteiger partial charge in [-0.2, -0.15) is 0 Å². The van der Waals surface area contributed by atoms with E-state index in [-0.39, 0.29) is 12.3 Å². The number of amides is 3. The molecule has 1 heterocycles. The summed E-state index contributed by atoms with van der Waals surface area (Å²) in [7, 11) is 0. The maximum absolute atomic E-state index is 12.8. The lowest BCUT2D eigenvalue weighted by Crippen LogP contribution is -2.61. The number of nitrogens with two attached hydrogens (primary N) is 1. The molecule has 180 valence electrons. The first-order valence-electron chi connectivity index (χ1n) is 10.2. The number of hydrogen-bond acceptors (Lipinski definition) is 8. The summed E-state index contributed by atoms with van der Waals surface area (Å²) < 4.78 is 0. The Balaban J connectivity index is 2.95. The number of aliphatic hydroxyl groups is 2. The molecule has 0 spiro atoms. The normalized spacial score (nSPS) is 16.7.